The van der Waals surface area contributed by atoms with Gasteiger partial charge in [-0.2, -0.15) is 0 Å². The minimum Gasteiger partial charge on any atom is -0.480 e. The number of carbonyl (C=O) groups is 2. The van der Waals surface area contributed by atoms with Crippen LogP contribution in [0.5, 0.6) is 0 Å². The summed E-state index contributed by atoms with van der Waals surface area (Å²) in [6.07, 6.45) is 3.35. The SMILES string of the molecule is CCCC(C)(NCC(=O)NC1CC1)C(=O)O. The average Bonchev–Trinajstić information content (AvgIpc) is 2.99. The monoisotopic (exact) mass is 228 g/mol. The van der Waals surface area contributed by atoms with E-state index in [2.05, 4.69) is 10.6 Å². The van der Waals surface area contributed by atoms with E-state index in [1.54, 1.807) is 6.92 Å². The lowest BCUT2D eigenvalue weighted by Crippen LogP contribution is -2.52. The van der Waals surface area contributed by atoms with Gasteiger partial charge in [0.25, 0.3) is 0 Å². The summed E-state index contributed by atoms with van der Waals surface area (Å²) < 4.78 is 0. The third-order valence-electron chi connectivity index (χ3n) is 2.80. The molecule has 0 bridgehead atoms. The molecule has 0 saturated heterocycles. The fourth-order valence-corrected chi connectivity index (χ4v) is 1.55. The molecular formula is C11H20N2O3. The van der Waals surface area contributed by atoms with Crippen molar-refractivity contribution in [1.29, 1.82) is 0 Å². The molecule has 5 nitrogen and oxygen atoms in total. The van der Waals surface area contributed by atoms with Crippen molar-refractivity contribution in [3.05, 3.63) is 0 Å². The third-order valence-corrected chi connectivity index (χ3v) is 2.80. The highest BCUT2D eigenvalue weighted by Crippen LogP contribution is 2.18. The fourth-order valence-electron chi connectivity index (χ4n) is 1.55. The molecule has 0 aromatic rings. The van der Waals surface area contributed by atoms with Crippen LogP contribution in [-0.2, 0) is 9.59 Å². The predicted octanol–water partition coefficient (Wildman–Crippen LogP) is 0.498. The van der Waals surface area contributed by atoms with Gasteiger partial charge < -0.3 is 10.4 Å². The Morgan fingerprint density at radius 1 is 1.44 bits per heavy atom. The van der Waals surface area contributed by atoms with Gasteiger partial charge in [-0.25, -0.2) is 0 Å². The van der Waals surface area contributed by atoms with E-state index in [0.29, 0.717) is 12.5 Å². The molecule has 0 heterocycles. The number of nitrogens with one attached hydrogen (secondary N) is 2. The second kappa shape index (κ2) is 5.30. The van der Waals surface area contributed by atoms with Crippen LogP contribution < -0.4 is 10.6 Å². The number of carboxylic acid groups (broad SMARTS) is 1. The van der Waals surface area contributed by atoms with Crippen LogP contribution in [0.25, 0.3) is 0 Å². The Morgan fingerprint density at radius 3 is 2.50 bits per heavy atom. The standard InChI is InChI=1S/C11H20N2O3/c1-3-6-11(2,10(15)16)12-7-9(14)13-8-4-5-8/h8,12H,3-7H2,1-2H3,(H,13,14)(H,15,16). The number of hydrogen-bond donors (Lipinski definition) is 3. The normalized spacial score (nSPS) is 18.9. The summed E-state index contributed by atoms with van der Waals surface area (Å²) in [5, 5.41) is 14.7. The van der Waals surface area contributed by atoms with Gasteiger partial charge in [-0.15, -0.1) is 0 Å². The first-order valence-corrected chi connectivity index (χ1v) is 5.75. The van der Waals surface area contributed by atoms with Crippen LogP contribution in [0.3, 0.4) is 0 Å². The van der Waals surface area contributed by atoms with Gasteiger partial charge in [0.05, 0.1) is 6.54 Å². The highest BCUT2D eigenvalue weighted by molar-refractivity contribution is 5.82. The van der Waals surface area contributed by atoms with E-state index in [-0.39, 0.29) is 12.5 Å². The number of aliphatic carboxylic acids is 1. The molecule has 1 saturated carbocycles. The highest BCUT2D eigenvalue weighted by atomic mass is 16.4. The van der Waals surface area contributed by atoms with Crippen molar-refractivity contribution in [2.75, 3.05) is 6.54 Å². The van der Waals surface area contributed by atoms with Crippen LogP contribution >= 0.6 is 0 Å². The van der Waals surface area contributed by atoms with Gasteiger partial charge in [0.1, 0.15) is 5.54 Å². The number of rotatable bonds is 7. The Morgan fingerprint density at radius 2 is 2.06 bits per heavy atom. The quantitative estimate of drug-likeness (QED) is 0.593. The molecule has 92 valence electrons. The van der Waals surface area contributed by atoms with E-state index in [0.717, 1.165) is 19.3 Å². The van der Waals surface area contributed by atoms with Crippen molar-refractivity contribution in [1.82, 2.24) is 10.6 Å². The third kappa shape index (κ3) is 3.81. The Kier molecular flexibility index (Phi) is 4.29. The van der Waals surface area contributed by atoms with Crippen LogP contribution in [0.4, 0.5) is 0 Å². The second-order valence-electron chi connectivity index (χ2n) is 4.58. The molecule has 1 rings (SSSR count). The maximum atomic E-state index is 11.4. The van der Waals surface area contributed by atoms with E-state index in [1.807, 2.05) is 6.92 Å². The Balaban J connectivity index is 2.36. The van der Waals surface area contributed by atoms with Gasteiger partial charge in [0.2, 0.25) is 5.91 Å². The Hall–Kier alpha value is -1.10. The summed E-state index contributed by atoms with van der Waals surface area (Å²) in [7, 11) is 0. The lowest BCUT2D eigenvalue weighted by Gasteiger charge is -2.25. The van der Waals surface area contributed by atoms with E-state index in [4.69, 9.17) is 5.11 Å². The molecule has 3 N–H and O–H groups in total. The summed E-state index contributed by atoms with van der Waals surface area (Å²) in [6, 6.07) is 0.316. The van der Waals surface area contributed by atoms with Crippen molar-refractivity contribution < 1.29 is 14.7 Å². The van der Waals surface area contributed by atoms with Gasteiger partial charge >= 0.3 is 5.97 Å². The lowest BCUT2D eigenvalue weighted by atomic mass is 9.96. The summed E-state index contributed by atoms with van der Waals surface area (Å²) in [6.45, 7) is 3.61. The topological polar surface area (TPSA) is 78.4 Å². The van der Waals surface area contributed by atoms with Crippen LogP contribution in [-0.4, -0.2) is 35.1 Å². The smallest absolute Gasteiger partial charge is 0.323 e. The van der Waals surface area contributed by atoms with Gasteiger partial charge in [-0.3, -0.25) is 14.9 Å². The Bertz CT molecular complexity index is 276. The number of carboxylic acids is 1. The number of hydrogen-bond acceptors (Lipinski definition) is 3. The highest BCUT2D eigenvalue weighted by Gasteiger charge is 2.32. The first-order valence-electron chi connectivity index (χ1n) is 5.75. The molecule has 1 amide bonds. The molecule has 1 fully saturated rings. The molecule has 1 aliphatic carbocycles. The molecule has 0 aromatic carbocycles. The fraction of sp³-hybridized carbons (Fsp3) is 0.818. The summed E-state index contributed by atoms with van der Waals surface area (Å²) in [4.78, 5) is 22.5. The molecule has 0 aromatic heterocycles. The van der Waals surface area contributed by atoms with Gasteiger partial charge in [0.15, 0.2) is 0 Å². The average molecular weight is 228 g/mol. The second-order valence-corrected chi connectivity index (χ2v) is 4.58. The molecule has 5 heteroatoms. The minimum atomic E-state index is -1.00. The first-order chi connectivity index (χ1) is 7.48. The zero-order valence-electron chi connectivity index (χ0n) is 9.88. The predicted molar refractivity (Wildman–Crippen MR) is 60.1 cm³/mol. The van der Waals surface area contributed by atoms with Crippen molar-refractivity contribution in [2.24, 2.45) is 0 Å². The van der Waals surface area contributed by atoms with Gasteiger partial charge in [-0.1, -0.05) is 13.3 Å². The van der Waals surface area contributed by atoms with Crippen LogP contribution in [0.15, 0.2) is 0 Å². The summed E-state index contributed by atoms with van der Waals surface area (Å²) >= 11 is 0. The lowest BCUT2D eigenvalue weighted by molar-refractivity contribution is -0.144. The van der Waals surface area contributed by atoms with E-state index < -0.39 is 11.5 Å². The van der Waals surface area contributed by atoms with Crippen molar-refractivity contribution in [3.8, 4) is 0 Å². The molecule has 0 radical (unpaired) electrons. The summed E-state index contributed by atoms with van der Waals surface area (Å²) in [5.41, 5.74) is -1.00. The van der Waals surface area contributed by atoms with E-state index in [1.165, 1.54) is 0 Å². The van der Waals surface area contributed by atoms with Crippen LogP contribution in [0.2, 0.25) is 0 Å². The maximum Gasteiger partial charge on any atom is 0.323 e. The number of carbonyl (C=O) groups excluding carboxylic acids is 1. The number of amides is 1. The molecular weight excluding hydrogens is 208 g/mol. The molecule has 0 spiro atoms. The van der Waals surface area contributed by atoms with Crippen LogP contribution in [0, 0.1) is 0 Å². The first kappa shape index (κ1) is 13.0. The molecule has 1 unspecified atom stereocenters. The molecule has 16 heavy (non-hydrogen) atoms. The maximum absolute atomic E-state index is 11.4. The van der Waals surface area contributed by atoms with E-state index in [9.17, 15) is 9.59 Å². The van der Waals surface area contributed by atoms with Crippen molar-refractivity contribution in [2.45, 2.75) is 51.1 Å². The van der Waals surface area contributed by atoms with Crippen molar-refractivity contribution >= 4 is 11.9 Å². The summed E-state index contributed by atoms with van der Waals surface area (Å²) in [5.74, 6) is -1.03. The van der Waals surface area contributed by atoms with Crippen molar-refractivity contribution in [3.63, 3.8) is 0 Å². The van der Waals surface area contributed by atoms with Gasteiger partial charge in [-0.05, 0) is 26.2 Å². The van der Waals surface area contributed by atoms with E-state index >= 15 is 0 Å². The zero-order chi connectivity index (χ0) is 12.2. The zero-order valence-corrected chi connectivity index (χ0v) is 9.88. The molecule has 1 aliphatic rings. The molecule has 0 aliphatic heterocycles. The molecule has 1 atom stereocenters. The van der Waals surface area contributed by atoms with Gasteiger partial charge in [0, 0.05) is 6.04 Å². The minimum absolute atomic E-state index is 0.0688. The van der Waals surface area contributed by atoms with Crippen LogP contribution in [0.1, 0.15) is 39.5 Å². The Labute approximate surface area is 95.6 Å². The largest absolute Gasteiger partial charge is 0.480 e.